The van der Waals surface area contributed by atoms with E-state index in [0.29, 0.717) is 25.3 Å². The molecule has 5 nitrogen and oxygen atoms in total. The molecular formula is C13H27N3O2S. The van der Waals surface area contributed by atoms with Crippen molar-refractivity contribution in [1.29, 1.82) is 0 Å². The predicted octanol–water partition coefficient (Wildman–Crippen LogP) is 0.0766. The summed E-state index contributed by atoms with van der Waals surface area (Å²) in [6.07, 6.45) is 1.58. The van der Waals surface area contributed by atoms with Crippen molar-refractivity contribution >= 4 is 18.6 Å². The summed E-state index contributed by atoms with van der Waals surface area (Å²) in [6.45, 7) is 7.91. The topological polar surface area (TPSA) is 44.8 Å². The van der Waals surface area contributed by atoms with E-state index < -0.39 is 0 Å². The van der Waals surface area contributed by atoms with Gasteiger partial charge in [-0.15, -0.1) is 0 Å². The molecule has 0 spiro atoms. The summed E-state index contributed by atoms with van der Waals surface area (Å²) in [7, 11) is 2.17. The molecule has 0 atom stereocenters. The molecule has 1 N–H and O–H groups in total. The van der Waals surface area contributed by atoms with Gasteiger partial charge in [-0.05, 0) is 26.6 Å². The van der Waals surface area contributed by atoms with Gasteiger partial charge in [0.05, 0.1) is 6.42 Å². The average molecular weight is 289 g/mol. The highest BCUT2D eigenvalue weighted by molar-refractivity contribution is 7.80. The molecule has 0 saturated carbocycles. The number of ether oxygens (including phenoxy) is 1. The van der Waals surface area contributed by atoms with E-state index in [-0.39, 0.29) is 5.97 Å². The fraction of sp³-hybridized carbons (Fsp3) is 0.923. The number of nitrogens with zero attached hydrogens (tertiary/aromatic N) is 2. The van der Waals surface area contributed by atoms with Crippen LogP contribution >= 0.6 is 12.6 Å². The molecule has 1 fully saturated rings. The predicted molar refractivity (Wildman–Crippen MR) is 80.9 cm³/mol. The average Bonchev–Trinajstić information content (AvgIpc) is 2.42. The van der Waals surface area contributed by atoms with Crippen molar-refractivity contribution in [2.75, 3.05) is 65.2 Å². The third-order valence-electron chi connectivity index (χ3n) is 3.28. The largest absolute Gasteiger partial charge is 0.465 e. The van der Waals surface area contributed by atoms with Crippen molar-refractivity contribution in [2.24, 2.45) is 0 Å². The second kappa shape index (κ2) is 10.5. The first kappa shape index (κ1) is 16.8. The van der Waals surface area contributed by atoms with Crippen LogP contribution in [0.2, 0.25) is 0 Å². The van der Waals surface area contributed by atoms with Crippen LogP contribution in [0.3, 0.4) is 0 Å². The minimum atomic E-state index is -0.138. The van der Waals surface area contributed by atoms with Gasteiger partial charge in [0.1, 0.15) is 6.61 Å². The molecule has 0 aromatic heterocycles. The van der Waals surface area contributed by atoms with Gasteiger partial charge < -0.3 is 19.9 Å². The van der Waals surface area contributed by atoms with Crippen LogP contribution in [0.4, 0.5) is 0 Å². The Labute approximate surface area is 122 Å². The van der Waals surface area contributed by atoms with E-state index in [0.717, 1.165) is 19.5 Å². The van der Waals surface area contributed by atoms with E-state index in [1.165, 1.54) is 26.2 Å². The van der Waals surface area contributed by atoms with E-state index in [2.05, 4.69) is 34.8 Å². The Kier molecular flexibility index (Phi) is 9.24. The Bertz CT molecular complexity index is 246. The molecule has 0 aromatic rings. The first-order chi connectivity index (χ1) is 9.22. The van der Waals surface area contributed by atoms with Crippen molar-refractivity contribution in [2.45, 2.75) is 12.8 Å². The lowest BCUT2D eigenvalue weighted by molar-refractivity contribution is -0.142. The number of carbonyl (C=O) groups is 1. The van der Waals surface area contributed by atoms with Crippen LogP contribution in [0.15, 0.2) is 0 Å². The molecule has 1 heterocycles. The molecule has 1 rings (SSSR count). The summed E-state index contributed by atoms with van der Waals surface area (Å²) >= 11 is 3.99. The summed E-state index contributed by atoms with van der Waals surface area (Å²) in [5.41, 5.74) is 0. The SMILES string of the molecule is CN1CCN(CCCNCCC(=O)OCCS)CC1. The number of hydrogen-bond acceptors (Lipinski definition) is 6. The molecule has 112 valence electrons. The summed E-state index contributed by atoms with van der Waals surface area (Å²) in [4.78, 5) is 16.1. The lowest BCUT2D eigenvalue weighted by Crippen LogP contribution is -2.45. The first-order valence-electron chi connectivity index (χ1n) is 7.10. The van der Waals surface area contributed by atoms with Crippen LogP contribution in [0.25, 0.3) is 0 Å². The van der Waals surface area contributed by atoms with Gasteiger partial charge in [-0.2, -0.15) is 12.6 Å². The van der Waals surface area contributed by atoms with Gasteiger partial charge >= 0.3 is 5.97 Å². The number of likely N-dealkylation sites (N-methyl/N-ethyl adjacent to an activating group) is 1. The summed E-state index contributed by atoms with van der Waals surface area (Å²) in [6, 6.07) is 0. The highest BCUT2D eigenvalue weighted by Crippen LogP contribution is 1.99. The summed E-state index contributed by atoms with van der Waals surface area (Å²) < 4.78 is 4.93. The second-order valence-electron chi connectivity index (χ2n) is 4.94. The fourth-order valence-corrected chi connectivity index (χ4v) is 2.14. The van der Waals surface area contributed by atoms with Crippen molar-refractivity contribution in [3.05, 3.63) is 0 Å². The highest BCUT2D eigenvalue weighted by atomic mass is 32.1. The Morgan fingerprint density at radius 1 is 1.26 bits per heavy atom. The van der Waals surface area contributed by atoms with Gasteiger partial charge in [0.15, 0.2) is 0 Å². The molecule has 0 bridgehead atoms. The van der Waals surface area contributed by atoms with Gasteiger partial charge in [0.2, 0.25) is 0 Å². The van der Waals surface area contributed by atoms with Gasteiger partial charge in [-0.3, -0.25) is 4.79 Å². The fourth-order valence-electron chi connectivity index (χ4n) is 2.05. The van der Waals surface area contributed by atoms with Crippen LogP contribution in [0.1, 0.15) is 12.8 Å². The molecule has 1 saturated heterocycles. The number of nitrogens with one attached hydrogen (secondary N) is 1. The molecule has 0 amide bonds. The maximum atomic E-state index is 11.2. The Balaban J connectivity index is 1.87. The van der Waals surface area contributed by atoms with Crippen molar-refractivity contribution < 1.29 is 9.53 Å². The summed E-state index contributed by atoms with van der Waals surface area (Å²) in [5, 5.41) is 3.28. The number of rotatable bonds is 9. The van der Waals surface area contributed by atoms with Gasteiger partial charge in [-0.25, -0.2) is 0 Å². The van der Waals surface area contributed by atoms with Crippen LogP contribution in [-0.2, 0) is 9.53 Å². The van der Waals surface area contributed by atoms with Crippen LogP contribution in [0, 0.1) is 0 Å². The quantitative estimate of drug-likeness (QED) is 0.357. The molecule has 0 radical (unpaired) electrons. The van der Waals surface area contributed by atoms with E-state index in [1.54, 1.807) is 0 Å². The van der Waals surface area contributed by atoms with E-state index in [9.17, 15) is 4.79 Å². The third-order valence-corrected chi connectivity index (χ3v) is 3.47. The molecule has 1 aliphatic rings. The molecule has 0 aliphatic carbocycles. The maximum absolute atomic E-state index is 11.2. The number of piperazine rings is 1. The minimum Gasteiger partial charge on any atom is -0.465 e. The molecular weight excluding hydrogens is 262 g/mol. The number of esters is 1. The smallest absolute Gasteiger partial charge is 0.307 e. The van der Waals surface area contributed by atoms with Crippen LogP contribution in [-0.4, -0.2) is 81.0 Å². The Morgan fingerprint density at radius 2 is 2.00 bits per heavy atom. The minimum absolute atomic E-state index is 0.138. The molecule has 0 unspecified atom stereocenters. The normalized spacial score (nSPS) is 17.6. The van der Waals surface area contributed by atoms with Gasteiger partial charge in [-0.1, -0.05) is 0 Å². The number of carbonyl (C=O) groups excluding carboxylic acids is 1. The highest BCUT2D eigenvalue weighted by Gasteiger charge is 2.12. The lowest BCUT2D eigenvalue weighted by Gasteiger charge is -2.32. The zero-order valence-electron chi connectivity index (χ0n) is 11.9. The van der Waals surface area contributed by atoms with Crippen LogP contribution in [0.5, 0.6) is 0 Å². The van der Waals surface area contributed by atoms with Crippen molar-refractivity contribution in [3.63, 3.8) is 0 Å². The molecule has 19 heavy (non-hydrogen) atoms. The monoisotopic (exact) mass is 289 g/mol. The van der Waals surface area contributed by atoms with Crippen LogP contribution < -0.4 is 5.32 Å². The molecule has 1 aliphatic heterocycles. The zero-order chi connectivity index (χ0) is 13.9. The lowest BCUT2D eigenvalue weighted by atomic mass is 10.3. The standard InChI is InChI=1S/C13H27N3O2S/c1-15-7-9-16(10-8-15)6-2-4-14-5-3-13(17)18-11-12-19/h14,19H,2-12H2,1H3. The Hall–Kier alpha value is -0.300. The molecule has 6 heteroatoms. The molecule has 0 aromatic carbocycles. The third kappa shape index (κ3) is 8.47. The summed E-state index contributed by atoms with van der Waals surface area (Å²) in [5.74, 6) is 0.449. The zero-order valence-corrected chi connectivity index (χ0v) is 12.8. The van der Waals surface area contributed by atoms with Crippen molar-refractivity contribution in [3.8, 4) is 0 Å². The van der Waals surface area contributed by atoms with Crippen molar-refractivity contribution in [1.82, 2.24) is 15.1 Å². The number of thiol groups is 1. The van der Waals surface area contributed by atoms with Gasteiger partial charge in [0, 0.05) is 38.5 Å². The first-order valence-corrected chi connectivity index (χ1v) is 7.73. The van der Waals surface area contributed by atoms with E-state index in [4.69, 9.17) is 4.74 Å². The van der Waals surface area contributed by atoms with E-state index in [1.807, 2.05) is 0 Å². The number of hydrogen-bond donors (Lipinski definition) is 2. The maximum Gasteiger partial charge on any atom is 0.307 e. The van der Waals surface area contributed by atoms with Gasteiger partial charge in [0.25, 0.3) is 0 Å². The Morgan fingerprint density at radius 3 is 2.68 bits per heavy atom. The second-order valence-corrected chi connectivity index (χ2v) is 5.39. The van der Waals surface area contributed by atoms with E-state index >= 15 is 0 Å².